The number of carbonyl (C=O) groups excluding carboxylic acids is 1. The van der Waals surface area contributed by atoms with Crippen molar-refractivity contribution < 1.29 is 4.79 Å². The zero-order valence-electron chi connectivity index (χ0n) is 16.8. The molecule has 5 nitrogen and oxygen atoms in total. The van der Waals surface area contributed by atoms with E-state index in [1.807, 2.05) is 82.5 Å². The minimum absolute atomic E-state index is 0.0628. The van der Waals surface area contributed by atoms with E-state index in [1.165, 1.54) is 0 Å². The van der Waals surface area contributed by atoms with E-state index in [0.717, 1.165) is 28.3 Å². The average molecular weight is 374 g/mol. The lowest BCUT2D eigenvalue weighted by Crippen LogP contribution is -2.30. The molecule has 0 radical (unpaired) electrons. The molecule has 0 saturated carbocycles. The van der Waals surface area contributed by atoms with Crippen LogP contribution in [0.1, 0.15) is 22.8 Å². The van der Waals surface area contributed by atoms with Crippen molar-refractivity contribution in [3.63, 3.8) is 0 Å². The number of rotatable bonds is 6. The monoisotopic (exact) mass is 374 g/mol. The molecule has 1 aromatic heterocycles. The predicted molar refractivity (Wildman–Crippen MR) is 117 cm³/mol. The van der Waals surface area contributed by atoms with Crippen molar-refractivity contribution in [3.8, 4) is 0 Å². The SMILES string of the molecule is CCN(C(=O)c1cncc(Nc2ccc(N(C)C)cc2)c1)c1cccc(C)c1. The van der Waals surface area contributed by atoms with Gasteiger partial charge >= 0.3 is 0 Å². The molecule has 0 bridgehead atoms. The normalized spacial score (nSPS) is 10.4. The molecule has 2 aromatic carbocycles. The molecule has 0 aliphatic rings. The van der Waals surface area contributed by atoms with Crippen molar-refractivity contribution in [2.45, 2.75) is 13.8 Å². The Labute approximate surface area is 166 Å². The first kappa shape index (κ1) is 19.4. The molecule has 0 atom stereocenters. The summed E-state index contributed by atoms with van der Waals surface area (Å²) in [6, 6.07) is 17.9. The van der Waals surface area contributed by atoms with Crippen LogP contribution in [0.4, 0.5) is 22.7 Å². The number of nitrogens with zero attached hydrogens (tertiary/aromatic N) is 3. The highest BCUT2D eigenvalue weighted by atomic mass is 16.2. The van der Waals surface area contributed by atoms with Crippen LogP contribution in [0.3, 0.4) is 0 Å². The molecule has 1 amide bonds. The molecular formula is C23H26N4O. The molecule has 1 heterocycles. The molecule has 0 aliphatic carbocycles. The Balaban J connectivity index is 1.80. The summed E-state index contributed by atoms with van der Waals surface area (Å²) in [4.78, 5) is 21.1. The number of aromatic nitrogens is 1. The van der Waals surface area contributed by atoms with Gasteiger partial charge in [-0.05, 0) is 61.9 Å². The lowest BCUT2D eigenvalue weighted by Gasteiger charge is -2.21. The van der Waals surface area contributed by atoms with Crippen molar-refractivity contribution in [2.75, 3.05) is 35.8 Å². The first-order chi connectivity index (χ1) is 13.5. The number of benzene rings is 2. The molecule has 144 valence electrons. The number of hydrogen-bond acceptors (Lipinski definition) is 4. The lowest BCUT2D eigenvalue weighted by atomic mass is 10.1. The summed E-state index contributed by atoms with van der Waals surface area (Å²) in [5.74, 6) is -0.0628. The van der Waals surface area contributed by atoms with Crippen LogP contribution in [0.2, 0.25) is 0 Å². The van der Waals surface area contributed by atoms with Gasteiger partial charge in [0.25, 0.3) is 5.91 Å². The fraction of sp³-hybridized carbons (Fsp3) is 0.217. The molecule has 3 rings (SSSR count). The van der Waals surface area contributed by atoms with Gasteiger partial charge in [0.2, 0.25) is 0 Å². The molecule has 1 N–H and O–H groups in total. The van der Waals surface area contributed by atoms with Crippen molar-refractivity contribution in [1.82, 2.24) is 4.98 Å². The molecule has 0 unspecified atom stereocenters. The summed E-state index contributed by atoms with van der Waals surface area (Å²) in [6.07, 6.45) is 3.33. The number of amides is 1. The summed E-state index contributed by atoms with van der Waals surface area (Å²) in [6.45, 7) is 4.59. The minimum Gasteiger partial charge on any atom is -0.378 e. The second-order valence-corrected chi connectivity index (χ2v) is 6.92. The van der Waals surface area contributed by atoms with Crippen molar-refractivity contribution >= 4 is 28.7 Å². The highest BCUT2D eigenvalue weighted by molar-refractivity contribution is 6.06. The quantitative estimate of drug-likeness (QED) is 0.669. The molecule has 0 spiro atoms. The first-order valence-electron chi connectivity index (χ1n) is 9.36. The standard InChI is InChI=1S/C23H26N4O/c1-5-27(22-8-6-7-17(2)13-22)23(28)18-14-20(16-24-15-18)25-19-9-11-21(12-10-19)26(3)4/h6-16,25H,5H2,1-4H3. The highest BCUT2D eigenvalue weighted by Crippen LogP contribution is 2.22. The fourth-order valence-electron chi connectivity index (χ4n) is 3.03. The van der Waals surface area contributed by atoms with Crippen LogP contribution in [0.15, 0.2) is 67.0 Å². The number of anilines is 4. The van der Waals surface area contributed by atoms with Gasteiger partial charge in [0.05, 0.1) is 17.4 Å². The fourth-order valence-corrected chi connectivity index (χ4v) is 3.03. The largest absolute Gasteiger partial charge is 0.378 e. The number of hydrogen-bond donors (Lipinski definition) is 1. The van der Waals surface area contributed by atoms with Crippen LogP contribution in [-0.4, -0.2) is 31.5 Å². The molecule has 5 heteroatoms. The van der Waals surface area contributed by atoms with Crippen molar-refractivity contribution in [3.05, 3.63) is 78.1 Å². The molecule has 28 heavy (non-hydrogen) atoms. The Morgan fingerprint density at radius 2 is 1.71 bits per heavy atom. The maximum absolute atomic E-state index is 13.1. The smallest absolute Gasteiger partial charge is 0.259 e. The first-order valence-corrected chi connectivity index (χ1v) is 9.36. The topological polar surface area (TPSA) is 48.5 Å². The Kier molecular flexibility index (Phi) is 5.94. The molecule has 3 aromatic rings. The summed E-state index contributed by atoms with van der Waals surface area (Å²) < 4.78 is 0. The van der Waals surface area contributed by atoms with Gasteiger partial charge in [-0.3, -0.25) is 9.78 Å². The van der Waals surface area contributed by atoms with Crippen LogP contribution >= 0.6 is 0 Å². The van der Waals surface area contributed by atoms with Gasteiger partial charge in [-0.2, -0.15) is 0 Å². The molecule has 0 fully saturated rings. The Bertz CT molecular complexity index is 951. The number of nitrogens with one attached hydrogen (secondary N) is 1. The second kappa shape index (κ2) is 8.57. The zero-order valence-corrected chi connectivity index (χ0v) is 16.8. The maximum Gasteiger partial charge on any atom is 0.259 e. The third kappa shape index (κ3) is 4.49. The Morgan fingerprint density at radius 3 is 2.36 bits per heavy atom. The molecule has 0 saturated heterocycles. The van der Waals surface area contributed by atoms with Crippen LogP contribution in [0.25, 0.3) is 0 Å². The lowest BCUT2D eigenvalue weighted by molar-refractivity contribution is 0.0988. The third-order valence-electron chi connectivity index (χ3n) is 4.53. The van der Waals surface area contributed by atoms with E-state index >= 15 is 0 Å². The average Bonchev–Trinajstić information content (AvgIpc) is 2.69. The van der Waals surface area contributed by atoms with E-state index < -0.39 is 0 Å². The number of pyridine rings is 1. The van der Waals surface area contributed by atoms with Crippen molar-refractivity contribution in [2.24, 2.45) is 0 Å². The van der Waals surface area contributed by atoms with Gasteiger partial charge in [-0.15, -0.1) is 0 Å². The molecule has 0 aliphatic heterocycles. The van der Waals surface area contributed by atoms with Gasteiger partial charge in [-0.1, -0.05) is 12.1 Å². The van der Waals surface area contributed by atoms with Crippen LogP contribution in [-0.2, 0) is 0 Å². The van der Waals surface area contributed by atoms with Crippen molar-refractivity contribution in [1.29, 1.82) is 0 Å². The number of aryl methyl sites for hydroxylation is 1. The van der Waals surface area contributed by atoms with Crippen LogP contribution < -0.4 is 15.1 Å². The van der Waals surface area contributed by atoms with Gasteiger partial charge in [0.15, 0.2) is 0 Å². The highest BCUT2D eigenvalue weighted by Gasteiger charge is 2.17. The molecular weight excluding hydrogens is 348 g/mol. The second-order valence-electron chi connectivity index (χ2n) is 6.92. The van der Waals surface area contributed by atoms with E-state index in [0.29, 0.717) is 12.1 Å². The summed E-state index contributed by atoms with van der Waals surface area (Å²) in [5, 5.41) is 3.32. The van der Waals surface area contributed by atoms with E-state index in [4.69, 9.17) is 0 Å². The van der Waals surface area contributed by atoms with E-state index in [2.05, 4.69) is 15.2 Å². The summed E-state index contributed by atoms with van der Waals surface area (Å²) in [5.41, 5.74) is 5.43. The van der Waals surface area contributed by atoms with Gasteiger partial charge in [-0.25, -0.2) is 0 Å². The maximum atomic E-state index is 13.1. The Morgan fingerprint density at radius 1 is 0.964 bits per heavy atom. The van der Waals surface area contributed by atoms with Gasteiger partial charge in [0.1, 0.15) is 0 Å². The third-order valence-corrected chi connectivity index (χ3v) is 4.53. The number of carbonyl (C=O) groups is 1. The summed E-state index contributed by atoms with van der Waals surface area (Å²) >= 11 is 0. The zero-order chi connectivity index (χ0) is 20.1. The van der Waals surface area contributed by atoms with E-state index in [-0.39, 0.29) is 5.91 Å². The van der Waals surface area contributed by atoms with Gasteiger partial charge in [0, 0.05) is 43.9 Å². The minimum atomic E-state index is -0.0628. The van der Waals surface area contributed by atoms with E-state index in [9.17, 15) is 4.79 Å². The van der Waals surface area contributed by atoms with Gasteiger partial charge < -0.3 is 15.1 Å². The summed E-state index contributed by atoms with van der Waals surface area (Å²) in [7, 11) is 4.02. The predicted octanol–water partition coefficient (Wildman–Crippen LogP) is 4.87. The van der Waals surface area contributed by atoms with Crippen LogP contribution in [0, 0.1) is 6.92 Å². The van der Waals surface area contributed by atoms with Crippen LogP contribution in [0.5, 0.6) is 0 Å². The van der Waals surface area contributed by atoms with E-state index in [1.54, 1.807) is 17.3 Å². The Hall–Kier alpha value is -3.34.